The van der Waals surface area contributed by atoms with E-state index in [1.165, 1.54) is 12.8 Å². The molecule has 3 heterocycles. The van der Waals surface area contributed by atoms with Crippen LogP contribution in [0.1, 0.15) is 49.5 Å². The zero-order valence-electron chi connectivity index (χ0n) is 15.4. The fraction of sp³-hybridized carbons (Fsp3) is 0.550. The lowest BCUT2D eigenvalue weighted by Crippen LogP contribution is -2.49. The molecule has 3 fully saturated rings. The minimum absolute atomic E-state index is 0.0609. The van der Waals surface area contributed by atoms with Crippen LogP contribution in [0.3, 0.4) is 0 Å². The Kier molecular flexibility index (Phi) is 3.60. The molecule has 2 amide bonds. The van der Waals surface area contributed by atoms with Crippen molar-refractivity contribution in [3.63, 3.8) is 0 Å². The summed E-state index contributed by atoms with van der Waals surface area (Å²) in [5, 5.41) is 3.72. The molecule has 1 N–H and O–H groups in total. The molecule has 142 valence electrons. The molecule has 2 saturated carbocycles. The zero-order chi connectivity index (χ0) is 18.8. The minimum Gasteiger partial charge on any atom is -0.344 e. The molecule has 2 aromatic rings. The number of aromatic nitrogens is 2. The Hall–Kier alpha value is -2.08. The molecule has 1 aliphatic heterocycles. The number of hydrogen-bond donors (Lipinski definition) is 1. The van der Waals surface area contributed by atoms with E-state index < -0.39 is 5.54 Å². The van der Waals surface area contributed by atoms with Crippen LogP contribution >= 0.6 is 11.6 Å². The van der Waals surface area contributed by atoms with Crippen LogP contribution in [0.25, 0.3) is 5.52 Å². The van der Waals surface area contributed by atoms with Gasteiger partial charge in [0.1, 0.15) is 6.33 Å². The van der Waals surface area contributed by atoms with Crippen molar-refractivity contribution >= 4 is 28.9 Å². The maximum atomic E-state index is 13.0. The number of carbonyl (C=O) groups excluding carboxylic acids is 2. The van der Waals surface area contributed by atoms with Gasteiger partial charge in [0.15, 0.2) is 5.69 Å². The van der Waals surface area contributed by atoms with Gasteiger partial charge in [-0.2, -0.15) is 0 Å². The Balaban J connectivity index is 1.30. The molecule has 3 atom stereocenters. The predicted molar refractivity (Wildman–Crippen MR) is 102 cm³/mol. The van der Waals surface area contributed by atoms with Crippen LogP contribution in [-0.4, -0.2) is 44.7 Å². The molecule has 0 spiro atoms. The fourth-order valence-electron chi connectivity index (χ4n) is 5.13. The van der Waals surface area contributed by atoms with Gasteiger partial charge in [-0.3, -0.25) is 9.59 Å². The second-order valence-corrected chi connectivity index (χ2v) is 9.11. The zero-order valence-corrected chi connectivity index (χ0v) is 16.1. The van der Waals surface area contributed by atoms with Crippen LogP contribution in [0.5, 0.6) is 0 Å². The molecule has 5 rings (SSSR count). The Bertz CT molecular complexity index is 957. The van der Waals surface area contributed by atoms with Gasteiger partial charge >= 0.3 is 0 Å². The van der Waals surface area contributed by atoms with E-state index in [1.54, 1.807) is 29.1 Å². The number of nitrogens with one attached hydrogen (secondary N) is 1. The largest absolute Gasteiger partial charge is 0.344 e. The number of imidazole rings is 1. The maximum Gasteiger partial charge on any atom is 0.272 e. The second-order valence-electron chi connectivity index (χ2n) is 8.67. The van der Waals surface area contributed by atoms with E-state index in [9.17, 15) is 9.59 Å². The van der Waals surface area contributed by atoms with Crippen molar-refractivity contribution in [1.29, 1.82) is 0 Å². The first kappa shape index (κ1) is 17.0. The van der Waals surface area contributed by atoms with Crippen molar-refractivity contribution in [2.75, 3.05) is 13.1 Å². The fourth-order valence-corrected chi connectivity index (χ4v) is 5.30. The first-order valence-electron chi connectivity index (χ1n) is 9.64. The minimum atomic E-state index is -0.422. The van der Waals surface area contributed by atoms with Gasteiger partial charge in [0.25, 0.3) is 5.91 Å². The molecule has 7 heteroatoms. The van der Waals surface area contributed by atoms with Gasteiger partial charge in [-0.15, -0.1) is 0 Å². The van der Waals surface area contributed by atoms with Gasteiger partial charge in [-0.25, -0.2) is 4.98 Å². The van der Waals surface area contributed by atoms with E-state index in [2.05, 4.69) is 10.3 Å². The summed E-state index contributed by atoms with van der Waals surface area (Å²) in [5.41, 5.74) is 0.620. The van der Waals surface area contributed by atoms with Gasteiger partial charge in [0, 0.05) is 19.3 Å². The summed E-state index contributed by atoms with van der Waals surface area (Å²) in [6.45, 7) is 3.30. The predicted octanol–water partition coefficient (Wildman–Crippen LogP) is 2.90. The first-order valence-corrected chi connectivity index (χ1v) is 10.0. The Morgan fingerprint density at radius 2 is 2.19 bits per heavy atom. The highest BCUT2D eigenvalue weighted by Crippen LogP contribution is 2.64. The molecule has 1 saturated heterocycles. The smallest absolute Gasteiger partial charge is 0.272 e. The number of halogens is 1. The molecular formula is C20H23ClN4O2. The number of fused-ring (bicyclic) bond motifs is 2. The van der Waals surface area contributed by atoms with Gasteiger partial charge < -0.3 is 14.6 Å². The number of hydrogen-bond acceptors (Lipinski definition) is 3. The lowest BCUT2D eigenvalue weighted by Gasteiger charge is -2.27. The Morgan fingerprint density at radius 1 is 1.33 bits per heavy atom. The summed E-state index contributed by atoms with van der Waals surface area (Å²) in [4.78, 5) is 32.1. The first-order chi connectivity index (χ1) is 12.9. The van der Waals surface area contributed by atoms with Gasteiger partial charge in [-0.05, 0) is 50.7 Å². The SMILES string of the molecule is CC1(NC(=O)c2ncn3cc(Cl)ccc23)CCN(C(=O)[C@@]23CCC[C@@H]2C3)C1. The third-order valence-electron chi connectivity index (χ3n) is 6.72. The third-order valence-corrected chi connectivity index (χ3v) is 6.94. The molecule has 0 bridgehead atoms. The van der Waals surface area contributed by atoms with Crippen molar-refractivity contribution in [2.45, 2.75) is 44.6 Å². The van der Waals surface area contributed by atoms with Gasteiger partial charge in [0.05, 0.1) is 21.5 Å². The lowest BCUT2D eigenvalue weighted by atomic mass is 10.0. The average Bonchev–Trinajstić information content (AvgIpc) is 2.99. The summed E-state index contributed by atoms with van der Waals surface area (Å²) in [7, 11) is 0. The van der Waals surface area contributed by atoms with Crippen LogP contribution in [0.15, 0.2) is 24.7 Å². The summed E-state index contributed by atoms with van der Waals surface area (Å²) in [5.74, 6) is 0.709. The number of amides is 2. The molecule has 0 aromatic carbocycles. The summed E-state index contributed by atoms with van der Waals surface area (Å²) in [6, 6.07) is 3.55. The van der Waals surface area contributed by atoms with Crippen LogP contribution in [-0.2, 0) is 4.79 Å². The lowest BCUT2D eigenvalue weighted by molar-refractivity contribution is -0.136. The molecule has 2 aromatic heterocycles. The summed E-state index contributed by atoms with van der Waals surface area (Å²) >= 11 is 5.99. The van der Waals surface area contributed by atoms with E-state index in [-0.39, 0.29) is 11.3 Å². The molecule has 2 aliphatic carbocycles. The average molecular weight is 387 g/mol. The van der Waals surface area contributed by atoms with E-state index in [0.717, 1.165) is 24.8 Å². The van der Waals surface area contributed by atoms with E-state index >= 15 is 0 Å². The number of likely N-dealkylation sites (tertiary alicyclic amines) is 1. The number of rotatable bonds is 3. The summed E-state index contributed by atoms with van der Waals surface area (Å²) < 4.78 is 1.75. The molecule has 27 heavy (non-hydrogen) atoms. The van der Waals surface area contributed by atoms with E-state index in [1.807, 2.05) is 11.8 Å². The normalized spacial score (nSPS) is 31.9. The number of pyridine rings is 1. The highest BCUT2D eigenvalue weighted by molar-refractivity contribution is 6.30. The van der Waals surface area contributed by atoms with Crippen LogP contribution in [0.2, 0.25) is 5.02 Å². The third kappa shape index (κ3) is 2.64. The quantitative estimate of drug-likeness (QED) is 0.881. The van der Waals surface area contributed by atoms with Gasteiger partial charge in [0.2, 0.25) is 5.91 Å². The van der Waals surface area contributed by atoms with Crippen LogP contribution in [0, 0.1) is 11.3 Å². The number of carbonyl (C=O) groups is 2. The summed E-state index contributed by atoms with van der Waals surface area (Å²) in [6.07, 6.45) is 8.57. The molecule has 1 unspecified atom stereocenters. The molecule has 6 nitrogen and oxygen atoms in total. The van der Waals surface area contributed by atoms with E-state index in [4.69, 9.17) is 11.6 Å². The highest BCUT2D eigenvalue weighted by Gasteiger charge is 2.63. The standard InChI is InChI=1S/C20H23ClN4O2/c1-19(7-8-24(11-19)18(27)20-6-2-3-13(20)9-20)23-17(26)16-15-5-4-14(21)10-25(15)12-22-16/h4-5,10,12-13H,2-3,6-9,11H2,1H3,(H,23,26)/t13-,19?,20-/m1/s1. The number of nitrogens with zero attached hydrogens (tertiary/aromatic N) is 3. The topological polar surface area (TPSA) is 66.7 Å². The molecule has 3 aliphatic rings. The molecule has 0 radical (unpaired) electrons. The van der Waals surface area contributed by atoms with Crippen LogP contribution in [0.4, 0.5) is 0 Å². The van der Waals surface area contributed by atoms with Crippen molar-refractivity contribution in [1.82, 2.24) is 19.6 Å². The van der Waals surface area contributed by atoms with Crippen molar-refractivity contribution in [3.8, 4) is 0 Å². The monoisotopic (exact) mass is 386 g/mol. The van der Waals surface area contributed by atoms with Crippen molar-refractivity contribution in [3.05, 3.63) is 35.4 Å². The van der Waals surface area contributed by atoms with E-state index in [0.29, 0.717) is 35.6 Å². The Morgan fingerprint density at radius 3 is 2.93 bits per heavy atom. The highest BCUT2D eigenvalue weighted by atomic mass is 35.5. The van der Waals surface area contributed by atoms with Gasteiger partial charge in [-0.1, -0.05) is 18.0 Å². The maximum absolute atomic E-state index is 13.0. The van der Waals surface area contributed by atoms with Crippen molar-refractivity contribution < 1.29 is 9.59 Å². The van der Waals surface area contributed by atoms with Crippen molar-refractivity contribution in [2.24, 2.45) is 11.3 Å². The van der Waals surface area contributed by atoms with Crippen LogP contribution < -0.4 is 5.32 Å². The Labute approximate surface area is 162 Å². The second kappa shape index (κ2) is 5.71. The molecular weight excluding hydrogens is 364 g/mol.